The van der Waals surface area contributed by atoms with Crippen LogP contribution in [-0.2, 0) is 30.7 Å². The van der Waals surface area contributed by atoms with E-state index in [1.54, 1.807) is 43.0 Å². The molecule has 14 heterocycles. The maximum atomic E-state index is 14.2. The lowest BCUT2D eigenvalue weighted by Crippen LogP contribution is -2.38. The normalized spacial score (nSPS) is 13.1. The van der Waals surface area contributed by atoms with Gasteiger partial charge in [-0.05, 0) is 165 Å². The first-order chi connectivity index (χ1) is 52.6. The maximum Gasteiger partial charge on any atom is 0.248 e. The van der Waals surface area contributed by atoms with Crippen molar-refractivity contribution < 1.29 is 18.7 Å². The summed E-state index contributed by atoms with van der Waals surface area (Å²) in [6.45, 7) is 9.11. The van der Waals surface area contributed by atoms with Gasteiger partial charge in [0, 0.05) is 161 Å². The number of primary amides is 1. The summed E-state index contributed by atoms with van der Waals surface area (Å²) in [4.78, 5) is 57.8. The highest BCUT2D eigenvalue weighted by atomic mass is 35.5. The van der Waals surface area contributed by atoms with Gasteiger partial charge in [-0.25, -0.2) is 24.3 Å². The van der Waals surface area contributed by atoms with Crippen molar-refractivity contribution in [1.82, 2.24) is 84.5 Å². The number of aromatic nitrogens is 16. The van der Waals surface area contributed by atoms with Crippen molar-refractivity contribution in [1.29, 1.82) is 0 Å². The Hall–Kier alpha value is -13.0. The van der Waals surface area contributed by atoms with Crippen molar-refractivity contribution in [2.75, 3.05) is 44.8 Å². The van der Waals surface area contributed by atoms with Crippen LogP contribution in [0, 0.1) is 12.7 Å². The summed E-state index contributed by atoms with van der Waals surface area (Å²) in [5.41, 5.74) is 26.7. The number of carbonyl (C=O) groups is 1. The van der Waals surface area contributed by atoms with Crippen LogP contribution in [0.2, 0.25) is 5.02 Å². The molecule has 3 aliphatic rings. The molecule has 0 radical (unpaired) electrons. The van der Waals surface area contributed by atoms with Crippen LogP contribution in [0.15, 0.2) is 232 Å². The largest absolute Gasteiger partial charge is 0.492 e. The van der Waals surface area contributed by atoms with Crippen molar-refractivity contribution in [3.8, 4) is 84.6 Å². The number of hydrogen-bond donors (Lipinski definition) is 3. The number of para-hydroxylation sites is 1. The fraction of sp³-hybridized carbons (Fsp3) is 0.157. The van der Waals surface area contributed by atoms with E-state index in [-0.39, 0.29) is 11.4 Å². The summed E-state index contributed by atoms with van der Waals surface area (Å²) < 4.78 is 30.0. The molecule has 4 N–H and O–H groups in total. The van der Waals surface area contributed by atoms with Crippen LogP contribution in [0.25, 0.3) is 123 Å². The zero-order valence-corrected chi connectivity index (χ0v) is 58.9. The van der Waals surface area contributed by atoms with Crippen LogP contribution < -0.4 is 15.8 Å². The van der Waals surface area contributed by atoms with E-state index < -0.39 is 11.7 Å². The number of benzene rings is 5. The van der Waals surface area contributed by atoms with Crippen molar-refractivity contribution in [3.05, 3.63) is 265 Å². The smallest absolute Gasteiger partial charge is 0.248 e. The minimum absolute atomic E-state index is 0.171. The van der Waals surface area contributed by atoms with Crippen LogP contribution in [0.1, 0.15) is 40.2 Å². The number of aromatic amines is 1. The first-order valence-electron chi connectivity index (χ1n) is 35.2. The topological polar surface area (TPSA) is 270 Å². The molecule has 0 atom stereocenters. The number of anilines is 2. The molecular weight excluding hydrogens is 1370 g/mol. The molecule has 11 aromatic heterocycles. The molecule has 5 aromatic carbocycles. The predicted molar refractivity (Wildman–Crippen MR) is 413 cm³/mol. The quantitative estimate of drug-likeness (QED) is 0.0913. The second-order valence-electron chi connectivity index (χ2n) is 25.7. The molecule has 0 bridgehead atoms. The number of carbonyl (C=O) groups excluding carboxylic acids is 1. The Labute approximate surface area is 618 Å². The number of nitrogens with one attached hydrogen (secondary N) is 2. The first-order valence-corrected chi connectivity index (χ1v) is 35.6. The second kappa shape index (κ2) is 31.2. The number of halogens is 2. The number of H-pyrrole nitrogens is 1. The monoisotopic (exact) mass is 1430 g/mol. The van der Waals surface area contributed by atoms with Crippen molar-refractivity contribution in [3.63, 3.8) is 0 Å². The van der Waals surface area contributed by atoms with Crippen molar-refractivity contribution in [2.45, 2.75) is 45.7 Å². The highest BCUT2D eigenvalue weighted by molar-refractivity contribution is 6.30. The Balaban J connectivity index is 0.000000110. The van der Waals surface area contributed by atoms with Crippen LogP contribution in [0.5, 0.6) is 5.75 Å². The zero-order chi connectivity index (χ0) is 72.6. The molecule has 528 valence electrons. The number of rotatable bonds is 14. The van der Waals surface area contributed by atoms with Gasteiger partial charge >= 0.3 is 0 Å². The van der Waals surface area contributed by atoms with E-state index in [0.29, 0.717) is 34.2 Å². The van der Waals surface area contributed by atoms with Crippen LogP contribution in [0.4, 0.5) is 15.9 Å². The van der Waals surface area contributed by atoms with Gasteiger partial charge in [0.2, 0.25) is 5.91 Å². The molecule has 19 rings (SSSR count). The molecular formula is C83H69ClFN19O3. The summed E-state index contributed by atoms with van der Waals surface area (Å²) in [5, 5.41) is 23.8. The molecule has 0 spiro atoms. The Kier molecular flexibility index (Phi) is 19.9. The van der Waals surface area contributed by atoms with Gasteiger partial charge in [-0.2, -0.15) is 15.3 Å². The fourth-order valence-electron chi connectivity index (χ4n) is 13.8. The predicted octanol–water partition coefficient (Wildman–Crippen LogP) is 15.6. The number of fused-ring (bicyclic) bond motifs is 6. The lowest BCUT2D eigenvalue weighted by atomic mass is 9.94. The average molecular weight is 1440 g/mol. The maximum absolute atomic E-state index is 14.2. The minimum Gasteiger partial charge on any atom is -0.492 e. The molecule has 0 unspecified atom stereocenters. The minimum atomic E-state index is -0.470. The van der Waals surface area contributed by atoms with E-state index in [1.165, 1.54) is 46.9 Å². The van der Waals surface area contributed by atoms with Gasteiger partial charge in [0.1, 0.15) is 29.6 Å². The van der Waals surface area contributed by atoms with Gasteiger partial charge in [-0.3, -0.25) is 54.1 Å². The number of nitrogens with zero attached hydrogens (tertiary/aromatic N) is 16. The summed E-state index contributed by atoms with van der Waals surface area (Å²) in [5.74, 6) is 0.534. The number of pyridine rings is 6. The summed E-state index contributed by atoms with van der Waals surface area (Å²) in [7, 11) is 0. The Morgan fingerprint density at radius 3 is 2.04 bits per heavy atom. The van der Waals surface area contributed by atoms with Crippen LogP contribution in [-0.4, -0.2) is 130 Å². The lowest BCUT2D eigenvalue weighted by Gasteiger charge is -2.26. The Bertz CT molecular complexity index is 5890. The van der Waals surface area contributed by atoms with Crippen molar-refractivity contribution in [2.24, 2.45) is 5.73 Å². The summed E-state index contributed by atoms with van der Waals surface area (Å²) in [6, 6.07) is 53.9. The van der Waals surface area contributed by atoms with E-state index >= 15 is 0 Å². The van der Waals surface area contributed by atoms with Gasteiger partial charge in [-0.1, -0.05) is 65.7 Å². The van der Waals surface area contributed by atoms with Gasteiger partial charge in [0.25, 0.3) is 0 Å². The van der Waals surface area contributed by atoms with Gasteiger partial charge in [0.15, 0.2) is 22.8 Å². The van der Waals surface area contributed by atoms with Gasteiger partial charge in [0.05, 0.1) is 58.6 Å². The second-order valence-corrected chi connectivity index (χ2v) is 26.2. The standard InChI is InChI=1S/C26H27N5O2.C23H20N4O.C17H10ClFN6.C17H12N4/c1-2-9-27-22(4-1)26-25(24-5-3-11-31(24)29-26)21-8-10-28-23-18-19(6-7-20(21)23)33-17-14-30-12-15-32-16-13-30;1-14-4-2-5-15(12-14)22-21(20-6-3-11-27(20)26-22)17-9-10-25-19-8-7-16(23(24)28)13-18(17)19;18-10-1-2-13(19)12(9-10)15-24-16-14(21-7-8-22-16)17(25-15)23-11-3-5-20-6-4-11;1-2-6-15-13(5-1)12(8-10-19-15)14-11-20-21-17(14)16-7-3-4-9-18-16/h1-2,4,6-10,18H,3,5,11-17H2;2,4-5,7-10,12-13H,3,6,11H2,1H3,(H2,24,28);1-9H,(H,20,22,23,24,25);1-11H,(H,20,21). The van der Waals surface area contributed by atoms with E-state index in [1.807, 2.05) is 116 Å². The number of morpholine rings is 1. The molecule has 1 amide bonds. The number of hydrogen-bond acceptors (Lipinski definition) is 18. The van der Waals surface area contributed by atoms with Crippen LogP contribution in [0.3, 0.4) is 0 Å². The average Bonchev–Trinajstić information content (AvgIpc) is 1.60. The highest BCUT2D eigenvalue weighted by Gasteiger charge is 2.28. The van der Waals surface area contributed by atoms with E-state index in [9.17, 15) is 9.18 Å². The molecule has 107 heavy (non-hydrogen) atoms. The molecule has 3 aliphatic heterocycles. The van der Waals surface area contributed by atoms with Gasteiger partial charge < -0.3 is 20.5 Å². The Morgan fingerprint density at radius 1 is 0.589 bits per heavy atom. The Morgan fingerprint density at radius 2 is 1.28 bits per heavy atom. The van der Waals surface area contributed by atoms with E-state index in [0.717, 1.165) is 178 Å². The molecule has 1 saturated heterocycles. The van der Waals surface area contributed by atoms with Crippen molar-refractivity contribution >= 4 is 72.9 Å². The number of aryl methyl sites for hydroxylation is 3. The van der Waals surface area contributed by atoms with Gasteiger partial charge in [-0.15, -0.1) is 0 Å². The molecule has 0 aliphatic carbocycles. The lowest BCUT2D eigenvalue weighted by molar-refractivity contribution is 0.0322. The van der Waals surface area contributed by atoms with Crippen LogP contribution >= 0.6 is 11.6 Å². The number of ether oxygens (including phenoxy) is 2. The summed E-state index contributed by atoms with van der Waals surface area (Å²) in [6.07, 6.45) is 21.6. The fourth-order valence-corrected chi connectivity index (χ4v) is 14.0. The number of nitrogens with two attached hydrogens (primary N) is 1. The zero-order valence-electron chi connectivity index (χ0n) is 58.1. The molecule has 1 fully saturated rings. The van der Waals surface area contributed by atoms with E-state index in [4.69, 9.17) is 37.0 Å². The highest BCUT2D eigenvalue weighted by Crippen LogP contribution is 2.43. The number of amides is 1. The third-order valence-electron chi connectivity index (χ3n) is 18.9. The summed E-state index contributed by atoms with van der Waals surface area (Å²) >= 11 is 5.98. The first kappa shape index (κ1) is 68.5. The third kappa shape index (κ3) is 14.8. The molecule has 0 saturated carbocycles. The van der Waals surface area contributed by atoms with E-state index in [2.05, 4.69) is 135 Å². The SMILES string of the molecule is Cc1cccc(-c2nn3c(c2-c2ccnc4ccc(C(N)=O)cc24)CCC3)c1.Fc1ccc(Cl)cc1-c1nc(Nc2ccncc2)c2nccnc2n1.c1ccc(-c2[nH]ncc2-c2ccnc3ccccc23)nc1.c1ccc(-c2nn3c(c2-c2ccnc4cc(OCCN5CCOCC5)ccc24)CCC3)nc1. The third-order valence-corrected chi connectivity index (χ3v) is 19.1. The molecule has 22 nitrogen and oxygen atoms in total. The molecule has 24 heteroatoms. The molecule has 16 aromatic rings.